The van der Waals surface area contributed by atoms with Gasteiger partial charge in [-0.15, -0.1) is 11.3 Å². The van der Waals surface area contributed by atoms with Gasteiger partial charge in [-0.1, -0.05) is 212 Å². The molecule has 0 bridgehead atoms. The monoisotopic (exact) mass is 905 g/mol. The zero-order chi connectivity index (χ0) is 46.0. The van der Waals surface area contributed by atoms with E-state index in [4.69, 9.17) is 0 Å². The van der Waals surface area contributed by atoms with E-state index >= 15 is 0 Å². The molecule has 1 heterocycles. The van der Waals surface area contributed by atoms with Gasteiger partial charge in [0.1, 0.15) is 0 Å². The summed E-state index contributed by atoms with van der Waals surface area (Å²) in [6.07, 6.45) is 0. The molecule has 70 heavy (non-hydrogen) atoms. The quantitative estimate of drug-likeness (QED) is 0.161. The summed E-state index contributed by atoms with van der Waals surface area (Å²) in [5.74, 6) is 0. The summed E-state index contributed by atoms with van der Waals surface area (Å²) in [5, 5.41) is 2.63. The highest BCUT2D eigenvalue weighted by atomic mass is 32.1. The average Bonchev–Trinajstić information content (AvgIpc) is 4.15. The molecule has 1 spiro atoms. The van der Waals surface area contributed by atoms with E-state index in [9.17, 15) is 0 Å². The molecule has 0 fully saturated rings. The first-order chi connectivity index (χ1) is 34.7. The predicted molar refractivity (Wildman–Crippen MR) is 293 cm³/mol. The first-order valence-electron chi connectivity index (χ1n) is 24.3. The Hall–Kier alpha value is -8.56. The van der Waals surface area contributed by atoms with Crippen LogP contribution in [0.2, 0.25) is 0 Å². The molecule has 15 rings (SSSR count). The molecule has 3 aliphatic rings. The number of rotatable bonds is 6. The molecule has 0 atom stereocenters. The summed E-state index contributed by atoms with van der Waals surface area (Å²) in [5.41, 5.74) is 23.0. The molecule has 2 heteroatoms. The molecule has 12 aromatic rings. The van der Waals surface area contributed by atoms with Crippen LogP contribution in [0.25, 0.3) is 64.7 Å². The zero-order valence-corrected chi connectivity index (χ0v) is 39.0. The van der Waals surface area contributed by atoms with E-state index in [1.165, 1.54) is 109 Å². The number of hydrogen-bond acceptors (Lipinski definition) is 2. The normalized spacial score (nSPS) is 13.9. The van der Waals surface area contributed by atoms with Crippen LogP contribution in [0, 0.1) is 0 Å². The van der Waals surface area contributed by atoms with Crippen LogP contribution in [0.1, 0.15) is 44.5 Å². The largest absolute Gasteiger partial charge is 0.310 e. The van der Waals surface area contributed by atoms with E-state index in [1.807, 2.05) is 11.3 Å². The predicted octanol–water partition coefficient (Wildman–Crippen LogP) is 17.9. The van der Waals surface area contributed by atoms with Crippen molar-refractivity contribution in [2.24, 2.45) is 0 Å². The highest BCUT2D eigenvalue weighted by Crippen LogP contribution is 2.65. The third-order valence-corrected chi connectivity index (χ3v) is 16.9. The van der Waals surface area contributed by atoms with Gasteiger partial charge in [-0.05, 0) is 132 Å². The molecule has 1 nitrogen and oxygen atoms in total. The summed E-state index contributed by atoms with van der Waals surface area (Å²) >= 11 is 1.87. The Morgan fingerprint density at radius 1 is 0.286 bits per heavy atom. The van der Waals surface area contributed by atoms with Gasteiger partial charge in [0.15, 0.2) is 0 Å². The van der Waals surface area contributed by atoms with Gasteiger partial charge in [0.05, 0.1) is 16.5 Å². The summed E-state index contributed by atoms with van der Waals surface area (Å²) in [6, 6.07) is 98.0. The van der Waals surface area contributed by atoms with E-state index in [2.05, 4.69) is 266 Å². The summed E-state index contributed by atoms with van der Waals surface area (Å²) in [7, 11) is 0. The van der Waals surface area contributed by atoms with Crippen molar-refractivity contribution < 1.29 is 0 Å². The molecule has 0 radical (unpaired) electrons. The molecule has 0 saturated carbocycles. The van der Waals surface area contributed by atoms with Crippen LogP contribution in [0.5, 0.6) is 0 Å². The van der Waals surface area contributed by atoms with Gasteiger partial charge in [0, 0.05) is 37.1 Å². The third kappa shape index (κ3) is 5.26. The van der Waals surface area contributed by atoms with Gasteiger partial charge >= 0.3 is 0 Å². The molecule has 0 saturated heterocycles. The molecular formula is C68H43NS. The lowest BCUT2D eigenvalue weighted by Crippen LogP contribution is -2.28. The summed E-state index contributed by atoms with van der Waals surface area (Å²) < 4.78 is 2.64. The van der Waals surface area contributed by atoms with Crippen molar-refractivity contribution in [1.82, 2.24) is 0 Å². The van der Waals surface area contributed by atoms with Gasteiger partial charge < -0.3 is 4.90 Å². The fourth-order valence-electron chi connectivity index (χ4n) is 13.0. The fourth-order valence-corrected chi connectivity index (χ4v) is 14.1. The maximum atomic E-state index is 2.54. The minimum atomic E-state index is -0.489. The molecule has 0 amide bonds. The Morgan fingerprint density at radius 2 is 0.771 bits per heavy atom. The van der Waals surface area contributed by atoms with Crippen molar-refractivity contribution in [2.75, 3.05) is 4.90 Å². The van der Waals surface area contributed by atoms with Crippen molar-refractivity contribution in [1.29, 1.82) is 0 Å². The first kappa shape index (κ1) is 39.4. The average molecular weight is 906 g/mol. The Balaban J connectivity index is 0.978. The highest BCUT2D eigenvalue weighted by molar-refractivity contribution is 7.25. The molecule has 1 aromatic heterocycles. The number of benzene rings is 11. The Bertz CT molecular complexity index is 3980. The number of nitrogens with zero attached hydrogens (tertiary/aromatic N) is 1. The summed E-state index contributed by atoms with van der Waals surface area (Å²) in [4.78, 5) is 2.54. The maximum absolute atomic E-state index is 2.54. The van der Waals surface area contributed by atoms with Crippen molar-refractivity contribution in [3.05, 3.63) is 305 Å². The second-order valence-electron chi connectivity index (χ2n) is 19.0. The van der Waals surface area contributed by atoms with Crippen LogP contribution >= 0.6 is 11.3 Å². The zero-order valence-electron chi connectivity index (χ0n) is 38.2. The molecule has 0 N–H and O–H groups in total. The van der Waals surface area contributed by atoms with Gasteiger partial charge in [0.2, 0.25) is 0 Å². The highest BCUT2D eigenvalue weighted by Gasteiger charge is 2.52. The minimum absolute atomic E-state index is 0.461. The first-order valence-corrected chi connectivity index (χ1v) is 25.1. The van der Waals surface area contributed by atoms with E-state index in [-0.39, 0.29) is 0 Å². The molecule has 0 unspecified atom stereocenters. The van der Waals surface area contributed by atoms with E-state index in [0.717, 1.165) is 17.1 Å². The lowest BCUT2D eigenvalue weighted by Gasteiger charge is -2.34. The Kier molecular flexibility index (Phi) is 8.43. The number of anilines is 3. The molecule has 11 aromatic carbocycles. The maximum Gasteiger partial charge on any atom is 0.0726 e. The third-order valence-electron chi connectivity index (χ3n) is 15.8. The molecule has 326 valence electrons. The molecular weight excluding hydrogens is 863 g/mol. The van der Waals surface area contributed by atoms with Gasteiger partial charge in [0.25, 0.3) is 0 Å². The Morgan fingerprint density at radius 3 is 1.44 bits per heavy atom. The van der Waals surface area contributed by atoms with Gasteiger partial charge in [-0.3, -0.25) is 0 Å². The second-order valence-corrected chi connectivity index (χ2v) is 20.1. The second kappa shape index (κ2) is 15.0. The van der Waals surface area contributed by atoms with Crippen molar-refractivity contribution in [3.63, 3.8) is 0 Å². The molecule has 0 aliphatic heterocycles. The lowest BCUT2D eigenvalue weighted by molar-refractivity contribution is 0.768. The molecule has 3 aliphatic carbocycles. The standard InChI is InChI=1S/C68H43NS/c1-3-18-46(19-4-1)67(47-20-5-2-6-21-47)57-27-12-9-24-52(57)55-43-49(39-40-61(55)67)69(48-37-34-44(35-38-48)45-36-41-65-56(42-45)53-25-11-16-33-64(53)70-65)63-32-17-31-62-66(63)54-26-10-15-30-60(54)68(62)58-28-13-7-22-50(58)51-23-8-14-29-59(51)68/h1-43H. The van der Waals surface area contributed by atoms with E-state index in [1.54, 1.807) is 0 Å². The number of fused-ring (bicyclic) bond motifs is 16. The fraction of sp³-hybridized carbons (Fsp3) is 0.0294. The lowest BCUT2D eigenvalue weighted by atomic mass is 9.68. The number of thiophene rings is 1. The van der Waals surface area contributed by atoms with Crippen LogP contribution in [0.3, 0.4) is 0 Å². The summed E-state index contributed by atoms with van der Waals surface area (Å²) in [6.45, 7) is 0. The van der Waals surface area contributed by atoms with Crippen molar-refractivity contribution in [3.8, 4) is 44.5 Å². The van der Waals surface area contributed by atoms with Gasteiger partial charge in [-0.2, -0.15) is 0 Å². The SMILES string of the molecule is c1ccc(C2(c3ccccc3)c3ccccc3-c3cc(N(c4ccc(-c5ccc6sc7ccccc7c6c5)cc4)c4cccc5c4-c4ccccc4C54c5ccccc5-c5ccccc54)ccc32)cc1. The van der Waals surface area contributed by atoms with Crippen LogP contribution in [-0.2, 0) is 10.8 Å². The van der Waals surface area contributed by atoms with E-state index in [0.29, 0.717) is 0 Å². The van der Waals surface area contributed by atoms with E-state index < -0.39 is 10.8 Å². The topological polar surface area (TPSA) is 3.24 Å². The van der Waals surface area contributed by atoms with Crippen molar-refractivity contribution >= 4 is 48.6 Å². The van der Waals surface area contributed by atoms with Gasteiger partial charge in [-0.25, -0.2) is 0 Å². The van der Waals surface area contributed by atoms with Crippen LogP contribution in [-0.4, -0.2) is 0 Å². The number of hydrogen-bond donors (Lipinski definition) is 0. The van der Waals surface area contributed by atoms with Crippen LogP contribution in [0.15, 0.2) is 261 Å². The minimum Gasteiger partial charge on any atom is -0.310 e. The van der Waals surface area contributed by atoms with Crippen molar-refractivity contribution in [2.45, 2.75) is 10.8 Å². The van der Waals surface area contributed by atoms with Crippen LogP contribution in [0.4, 0.5) is 17.1 Å². The smallest absolute Gasteiger partial charge is 0.0726 e. The van der Waals surface area contributed by atoms with Crippen LogP contribution < -0.4 is 4.90 Å². The Labute approximate surface area is 411 Å².